The third-order valence-corrected chi connectivity index (χ3v) is 8.02. The molecule has 1 aliphatic carbocycles. The van der Waals surface area contributed by atoms with Crippen molar-refractivity contribution in [2.45, 2.75) is 75.7 Å². The fourth-order valence-electron chi connectivity index (χ4n) is 5.67. The van der Waals surface area contributed by atoms with E-state index in [4.69, 9.17) is 13.7 Å². The highest BCUT2D eigenvalue weighted by Gasteiger charge is 2.48. The number of urea groups is 1. The molecular formula is C28H32F5N5O5. The molecule has 1 aromatic carbocycles. The van der Waals surface area contributed by atoms with Crippen molar-refractivity contribution in [3.63, 3.8) is 0 Å². The second-order valence-electron chi connectivity index (χ2n) is 11.4. The monoisotopic (exact) mass is 613 g/mol. The molecule has 1 saturated carbocycles. The minimum absolute atomic E-state index is 0.0832. The van der Waals surface area contributed by atoms with Gasteiger partial charge < -0.3 is 29.2 Å². The number of benzene rings is 1. The van der Waals surface area contributed by atoms with E-state index < -0.39 is 54.6 Å². The lowest BCUT2D eigenvalue weighted by molar-refractivity contribution is -0.150. The van der Waals surface area contributed by atoms with E-state index in [0.717, 1.165) is 4.90 Å². The summed E-state index contributed by atoms with van der Waals surface area (Å²) in [5.41, 5.74) is 1.73. The van der Waals surface area contributed by atoms with Crippen molar-refractivity contribution in [1.82, 2.24) is 25.7 Å². The predicted molar refractivity (Wildman–Crippen MR) is 141 cm³/mol. The van der Waals surface area contributed by atoms with Crippen LogP contribution >= 0.6 is 0 Å². The molecule has 43 heavy (non-hydrogen) atoms. The average Bonchev–Trinajstić information content (AvgIpc) is 3.68. The normalized spacial score (nSPS) is 20.9. The number of alkyl halides is 5. The minimum atomic E-state index is -4.61. The molecule has 0 unspecified atom stereocenters. The fourth-order valence-corrected chi connectivity index (χ4v) is 5.67. The zero-order valence-electron chi connectivity index (χ0n) is 23.7. The van der Waals surface area contributed by atoms with Crippen LogP contribution in [0, 0.1) is 5.92 Å². The van der Waals surface area contributed by atoms with Gasteiger partial charge in [-0.1, -0.05) is 25.1 Å². The van der Waals surface area contributed by atoms with Gasteiger partial charge in [0, 0.05) is 20.0 Å². The van der Waals surface area contributed by atoms with E-state index in [1.165, 1.54) is 13.4 Å². The topological polar surface area (TPSA) is 123 Å². The van der Waals surface area contributed by atoms with Crippen molar-refractivity contribution in [2.75, 3.05) is 20.3 Å². The Morgan fingerprint density at radius 1 is 1.26 bits per heavy atom. The molecule has 2 fully saturated rings. The molecule has 0 bridgehead atoms. The molecule has 0 spiro atoms. The van der Waals surface area contributed by atoms with Crippen LogP contribution in [0.25, 0.3) is 11.1 Å². The molecular weight excluding hydrogens is 581 g/mol. The van der Waals surface area contributed by atoms with E-state index in [9.17, 15) is 31.5 Å². The van der Waals surface area contributed by atoms with Crippen LogP contribution in [-0.2, 0) is 4.74 Å². The molecule has 3 aromatic rings. The maximum atomic E-state index is 14.0. The zero-order valence-corrected chi connectivity index (χ0v) is 23.7. The van der Waals surface area contributed by atoms with E-state index in [2.05, 4.69) is 15.5 Å². The summed E-state index contributed by atoms with van der Waals surface area (Å²) in [6.07, 6.45) is -3.87. The van der Waals surface area contributed by atoms with Crippen LogP contribution in [0.4, 0.5) is 26.7 Å². The van der Waals surface area contributed by atoms with E-state index in [-0.39, 0.29) is 49.7 Å². The lowest BCUT2D eigenvalue weighted by Crippen LogP contribution is -2.40. The van der Waals surface area contributed by atoms with Crippen LogP contribution in [0.15, 0.2) is 33.4 Å². The van der Waals surface area contributed by atoms with Gasteiger partial charge >= 0.3 is 12.2 Å². The van der Waals surface area contributed by atoms with E-state index in [1.54, 1.807) is 18.2 Å². The van der Waals surface area contributed by atoms with Crippen LogP contribution in [0.2, 0.25) is 0 Å². The van der Waals surface area contributed by atoms with Gasteiger partial charge in [0.1, 0.15) is 29.4 Å². The lowest BCUT2D eigenvalue weighted by Gasteiger charge is -2.32. The maximum Gasteiger partial charge on any atom is 0.410 e. The predicted octanol–water partition coefficient (Wildman–Crippen LogP) is 5.88. The Labute approximate surface area is 243 Å². The number of oxazole rings is 1. The molecule has 1 saturated heterocycles. The number of ether oxygens (including phenoxy) is 1. The zero-order chi connectivity index (χ0) is 31.1. The van der Waals surface area contributed by atoms with Gasteiger partial charge in [0.25, 0.3) is 5.91 Å². The second-order valence-corrected chi connectivity index (χ2v) is 11.4. The summed E-state index contributed by atoms with van der Waals surface area (Å²) in [5.74, 6) is -3.75. The molecule has 3 atom stereocenters. The molecule has 2 aromatic heterocycles. The number of nitrogens with zero attached hydrogens (tertiary/aromatic N) is 3. The smallest absolute Gasteiger partial charge is 0.410 e. The van der Waals surface area contributed by atoms with Gasteiger partial charge in [-0.15, -0.1) is 0 Å². The number of fused-ring (bicyclic) bond motifs is 1. The molecule has 3 heterocycles. The van der Waals surface area contributed by atoms with Gasteiger partial charge in [0.15, 0.2) is 5.58 Å². The van der Waals surface area contributed by atoms with Crippen molar-refractivity contribution in [3.05, 3.63) is 47.2 Å². The van der Waals surface area contributed by atoms with Crippen LogP contribution < -0.4 is 10.6 Å². The Kier molecular flexibility index (Phi) is 8.38. The number of hydrogen-bond acceptors (Lipinski definition) is 7. The van der Waals surface area contributed by atoms with E-state index in [0.29, 0.717) is 22.4 Å². The van der Waals surface area contributed by atoms with E-state index in [1.807, 2.05) is 19.2 Å². The van der Waals surface area contributed by atoms with Crippen LogP contribution in [0.5, 0.6) is 0 Å². The Bertz CT molecular complexity index is 1460. The van der Waals surface area contributed by atoms with Crippen molar-refractivity contribution < 1.29 is 45.2 Å². The Hall–Kier alpha value is -3.75. The third kappa shape index (κ3) is 6.45. The number of rotatable bonds is 9. The number of methoxy groups -OCH3 is 1. The summed E-state index contributed by atoms with van der Waals surface area (Å²) in [7, 11) is 1.37. The fraction of sp³-hybridized carbons (Fsp3) is 0.571. The summed E-state index contributed by atoms with van der Waals surface area (Å²) in [6, 6.07) is 0.111. The Morgan fingerprint density at radius 2 is 1.98 bits per heavy atom. The Balaban J connectivity index is 1.46. The van der Waals surface area contributed by atoms with Gasteiger partial charge in [0.2, 0.25) is 11.8 Å². The average molecular weight is 614 g/mol. The number of carbonyl (C=O) groups is 2. The largest absolute Gasteiger partial charge is 0.438 e. The molecule has 3 amide bonds. The SMILES string of the molecule is COC[C@H](c1ccc2oc([C@@H](NC(=O)c3conc3C(C)C)C3CCC(F)(F)CC3)nc2c1)N1C[C@@H](C(F)(F)F)NC1=O. The highest BCUT2D eigenvalue weighted by molar-refractivity contribution is 5.95. The summed E-state index contributed by atoms with van der Waals surface area (Å²) in [4.78, 5) is 31.4. The molecule has 5 rings (SSSR count). The minimum Gasteiger partial charge on any atom is -0.438 e. The molecule has 15 heteroatoms. The van der Waals surface area contributed by atoms with Gasteiger partial charge in [0.05, 0.1) is 24.9 Å². The van der Waals surface area contributed by atoms with Crippen LogP contribution in [0.3, 0.4) is 0 Å². The number of amides is 3. The van der Waals surface area contributed by atoms with Crippen molar-refractivity contribution in [2.24, 2.45) is 5.92 Å². The number of hydrogen-bond donors (Lipinski definition) is 2. The number of carbonyl (C=O) groups excluding carboxylic acids is 2. The van der Waals surface area contributed by atoms with E-state index >= 15 is 0 Å². The van der Waals surface area contributed by atoms with Crippen LogP contribution in [-0.4, -0.2) is 65.4 Å². The molecule has 1 aliphatic heterocycles. The van der Waals surface area contributed by atoms with Gasteiger partial charge in [-0.05, 0) is 42.4 Å². The Morgan fingerprint density at radius 3 is 2.60 bits per heavy atom. The first-order valence-corrected chi connectivity index (χ1v) is 13.9. The highest BCUT2D eigenvalue weighted by atomic mass is 19.4. The molecule has 2 aliphatic rings. The quantitative estimate of drug-likeness (QED) is 0.289. The molecule has 0 radical (unpaired) electrons. The molecule has 10 nitrogen and oxygen atoms in total. The first-order valence-electron chi connectivity index (χ1n) is 13.9. The number of nitrogens with one attached hydrogen (secondary N) is 2. The third-order valence-electron chi connectivity index (χ3n) is 8.02. The van der Waals surface area contributed by atoms with Crippen molar-refractivity contribution >= 4 is 23.0 Å². The number of halogens is 5. The van der Waals surface area contributed by atoms with Gasteiger partial charge in [-0.25, -0.2) is 18.6 Å². The lowest BCUT2D eigenvalue weighted by atomic mass is 9.81. The molecule has 234 valence electrons. The summed E-state index contributed by atoms with van der Waals surface area (Å²) >= 11 is 0. The van der Waals surface area contributed by atoms with Gasteiger partial charge in [-0.3, -0.25) is 4.79 Å². The first kappa shape index (κ1) is 30.7. The van der Waals surface area contributed by atoms with Crippen LogP contribution in [0.1, 0.15) is 85.0 Å². The van der Waals surface area contributed by atoms with Crippen molar-refractivity contribution in [3.8, 4) is 0 Å². The summed E-state index contributed by atoms with van der Waals surface area (Å²) < 4.78 is 84.2. The standard InChI is InChI=1S/C28H32F5N5O5/c1-14(2)22-17(12-42-37-22)24(39)36-23(15-6-8-27(29,30)9-7-15)25-34-18-10-16(4-5-20(18)43-25)19(13-41-3)38-11-21(28(31,32)33)35-26(38)40/h4-5,10,12,14-15,19,21,23H,6-9,11,13H2,1-3H3,(H,35,40)(H,36,39)/t19-,21+,23+/m1/s1. The highest BCUT2D eigenvalue weighted by Crippen LogP contribution is 2.42. The van der Waals surface area contributed by atoms with Crippen molar-refractivity contribution in [1.29, 1.82) is 0 Å². The number of aromatic nitrogens is 2. The molecule has 2 N–H and O–H groups in total. The first-order chi connectivity index (χ1) is 20.3. The summed E-state index contributed by atoms with van der Waals surface area (Å²) in [6.45, 7) is 3.01. The van der Waals surface area contributed by atoms with Gasteiger partial charge in [-0.2, -0.15) is 13.2 Å². The maximum absolute atomic E-state index is 14.0. The second kappa shape index (κ2) is 11.7. The summed E-state index contributed by atoms with van der Waals surface area (Å²) in [5, 5.41) is 8.75.